The van der Waals surface area contributed by atoms with E-state index in [4.69, 9.17) is 4.74 Å². The lowest BCUT2D eigenvalue weighted by Crippen LogP contribution is -2.42. The lowest BCUT2D eigenvalue weighted by atomic mass is 9.94. The molecule has 3 heterocycles. The van der Waals surface area contributed by atoms with Crippen molar-refractivity contribution >= 4 is 25.2 Å². The first-order valence-corrected chi connectivity index (χ1v) is 13.6. The number of anilines is 1. The van der Waals surface area contributed by atoms with Crippen LogP contribution >= 0.6 is 13.5 Å². The number of rotatable bonds is 10. The zero-order valence-electron chi connectivity index (χ0n) is 22.8. The Labute approximate surface area is 237 Å². The van der Waals surface area contributed by atoms with E-state index in [9.17, 15) is 9.90 Å². The molecule has 3 N–H and O–H groups in total. The average Bonchev–Trinajstić information content (AvgIpc) is 3.58. The van der Waals surface area contributed by atoms with E-state index in [0.29, 0.717) is 24.8 Å². The largest absolute Gasteiger partial charge is 0.487 e. The Balaban J connectivity index is 0.00000353. The topological polar surface area (TPSA) is 105 Å². The van der Waals surface area contributed by atoms with Gasteiger partial charge in [-0.05, 0) is 67.1 Å². The van der Waals surface area contributed by atoms with Gasteiger partial charge in [-0.15, -0.1) is 0 Å². The van der Waals surface area contributed by atoms with Crippen LogP contribution in [-0.4, -0.2) is 62.5 Å². The van der Waals surface area contributed by atoms with E-state index in [-0.39, 0.29) is 25.9 Å². The smallest absolute Gasteiger partial charge is 0.251 e. The molecule has 2 aromatic heterocycles. The summed E-state index contributed by atoms with van der Waals surface area (Å²) in [7, 11) is 1.91. The number of amides is 1. The lowest BCUT2D eigenvalue weighted by Gasteiger charge is -2.31. The van der Waals surface area contributed by atoms with Gasteiger partial charge in [0.1, 0.15) is 18.2 Å². The molecule has 1 aliphatic heterocycles. The standard InChI is InChI=1S/C29H38N6O3.H2S/c1-20-26-11-14-35(17-22(26)7-8-27(20)38-19-24-10-13-32-34(24)2)18-25(36)16-31-29(37)21-9-12-30-28(15-21)33-23-5-3-4-6-23;/h7-10,12-13,15,23,25,36H,3-6,11,14,16-19H2,1-2H3,(H,30,33)(H,31,37);1H2/t25-;/m0./s1. The molecule has 0 saturated heterocycles. The van der Waals surface area contributed by atoms with Crippen LogP contribution in [0.3, 0.4) is 0 Å². The summed E-state index contributed by atoms with van der Waals surface area (Å²) >= 11 is 0. The maximum Gasteiger partial charge on any atom is 0.251 e. The van der Waals surface area contributed by atoms with Gasteiger partial charge in [-0.25, -0.2) is 4.98 Å². The van der Waals surface area contributed by atoms with E-state index in [1.165, 1.54) is 29.5 Å². The summed E-state index contributed by atoms with van der Waals surface area (Å²) < 4.78 is 7.91. The predicted octanol–water partition coefficient (Wildman–Crippen LogP) is 3.32. The van der Waals surface area contributed by atoms with Crippen molar-refractivity contribution in [1.29, 1.82) is 0 Å². The van der Waals surface area contributed by atoms with Gasteiger partial charge in [0, 0.05) is 57.2 Å². The summed E-state index contributed by atoms with van der Waals surface area (Å²) in [5.41, 5.74) is 5.34. The number of carbonyl (C=O) groups is 1. The van der Waals surface area contributed by atoms with Crippen molar-refractivity contribution in [3.05, 3.63) is 70.7 Å². The van der Waals surface area contributed by atoms with Gasteiger partial charge in [-0.1, -0.05) is 18.9 Å². The van der Waals surface area contributed by atoms with E-state index in [2.05, 4.69) is 38.6 Å². The molecule has 0 unspecified atom stereocenters. The van der Waals surface area contributed by atoms with Crippen molar-refractivity contribution in [1.82, 2.24) is 25.0 Å². The van der Waals surface area contributed by atoms with Crippen LogP contribution in [0.2, 0.25) is 0 Å². The Morgan fingerprint density at radius 3 is 2.79 bits per heavy atom. The number of pyridine rings is 1. The number of aliphatic hydroxyl groups excluding tert-OH is 1. The van der Waals surface area contributed by atoms with Crippen LogP contribution in [0.15, 0.2) is 42.7 Å². The third-order valence-electron chi connectivity index (χ3n) is 7.71. The number of fused-ring (bicyclic) bond motifs is 1. The first-order chi connectivity index (χ1) is 18.5. The second-order valence-corrected chi connectivity index (χ2v) is 10.5. The second-order valence-electron chi connectivity index (χ2n) is 10.5. The normalized spacial score (nSPS) is 16.3. The molecule has 3 aromatic rings. The fraction of sp³-hybridized carbons (Fsp3) is 0.483. The first kappa shape index (κ1) is 28.9. The van der Waals surface area contributed by atoms with Gasteiger partial charge in [0.2, 0.25) is 0 Å². The minimum absolute atomic E-state index is 0. The number of nitrogens with zero attached hydrogens (tertiary/aromatic N) is 4. The lowest BCUT2D eigenvalue weighted by molar-refractivity contribution is 0.0841. The number of nitrogens with one attached hydrogen (secondary N) is 2. The number of aryl methyl sites for hydroxylation is 1. The molecule has 9 nitrogen and oxygen atoms in total. The number of hydrogen-bond donors (Lipinski definition) is 3. The van der Waals surface area contributed by atoms with E-state index in [1.807, 2.05) is 23.9 Å². The van der Waals surface area contributed by atoms with E-state index in [0.717, 1.165) is 49.6 Å². The zero-order chi connectivity index (χ0) is 26.5. The molecule has 0 radical (unpaired) electrons. The van der Waals surface area contributed by atoms with Crippen molar-refractivity contribution in [2.75, 3.05) is 25.0 Å². The van der Waals surface area contributed by atoms with Crippen LogP contribution in [-0.2, 0) is 26.6 Å². The number of carbonyl (C=O) groups excluding carboxylic acids is 1. The minimum atomic E-state index is -0.652. The Kier molecular flexibility index (Phi) is 9.88. The predicted molar refractivity (Wildman–Crippen MR) is 157 cm³/mol. The maximum atomic E-state index is 12.7. The fourth-order valence-electron chi connectivity index (χ4n) is 5.49. The van der Waals surface area contributed by atoms with Gasteiger partial charge in [0.15, 0.2) is 0 Å². The van der Waals surface area contributed by atoms with Crippen LogP contribution in [0.25, 0.3) is 0 Å². The summed E-state index contributed by atoms with van der Waals surface area (Å²) in [6, 6.07) is 10.1. The van der Waals surface area contributed by atoms with Gasteiger partial charge in [0.25, 0.3) is 5.91 Å². The summed E-state index contributed by atoms with van der Waals surface area (Å²) in [6.45, 7) is 4.93. The Hall–Kier alpha value is -3.08. The molecule has 2 aliphatic rings. The summed E-state index contributed by atoms with van der Waals surface area (Å²) in [4.78, 5) is 19.3. The molecule has 1 saturated carbocycles. The van der Waals surface area contributed by atoms with Crippen molar-refractivity contribution in [2.45, 2.75) is 64.3 Å². The highest BCUT2D eigenvalue weighted by Crippen LogP contribution is 2.30. The molecule has 1 atom stereocenters. The van der Waals surface area contributed by atoms with Crippen LogP contribution in [0, 0.1) is 6.92 Å². The number of aromatic nitrogens is 3. The van der Waals surface area contributed by atoms with Gasteiger partial charge >= 0.3 is 0 Å². The highest BCUT2D eigenvalue weighted by atomic mass is 32.1. The number of β-amino-alcohol motifs (C(OH)–C–C–N with tert-alkyl or cyclic N) is 1. The quantitative estimate of drug-likeness (QED) is 0.355. The number of hydrogen-bond acceptors (Lipinski definition) is 7. The maximum absolute atomic E-state index is 12.7. The monoisotopic (exact) mass is 552 g/mol. The number of aliphatic hydroxyl groups is 1. The van der Waals surface area contributed by atoms with Gasteiger partial charge < -0.3 is 20.5 Å². The SMILES string of the molecule is Cc1c(OCc2ccnn2C)ccc2c1CCN(C[C@@H](O)CNC(=O)c1ccnc(NC3CCCC3)c1)C2.S. The third kappa shape index (κ3) is 7.32. The first-order valence-electron chi connectivity index (χ1n) is 13.6. The molecule has 10 heteroatoms. The molecule has 210 valence electrons. The van der Waals surface area contributed by atoms with E-state index < -0.39 is 6.10 Å². The summed E-state index contributed by atoms with van der Waals surface area (Å²) in [5.74, 6) is 1.44. The molecular weight excluding hydrogens is 512 g/mol. The summed E-state index contributed by atoms with van der Waals surface area (Å²) in [6.07, 6.45) is 8.44. The van der Waals surface area contributed by atoms with Crippen molar-refractivity contribution < 1.29 is 14.6 Å². The molecule has 1 aliphatic carbocycles. The molecule has 39 heavy (non-hydrogen) atoms. The van der Waals surface area contributed by atoms with Crippen LogP contribution in [0.1, 0.15) is 58.4 Å². The number of ether oxygens (including phenoxy) is 1. The van der Waals surface area contributed by atoms with Crippen molar-refractivity contribution in [2.24, 2.45) is 7.05 Å². The van der Waals surface area contributed by atoms with Gasteiger partial charge in [0.05, 0.1) is 11.8 Å². The van der Waals surface area contributed by atoms with Crippen molar-refractivity contribution in [3.8, 4) is 5.75 Å². The zero-order valence-corrected chi connectivity index (χ0v) is 23.8. The molecule has 1 aromatic carbocycles. The van der Waals surface area contributed by atoms with Crippen LogP contribution in [0.5, 0.6) is 5.75 Å². The van der Waals surface area contributed by atoms with E-state index >= 15 is 0 Å². The molecule has 0 bridgehead atoms. The fourth-order valence-corrected chi connectivity index (χ4v) is 5.49. The number of benzene rings is 1. The highest BCUT2D eigenvalue weighted by molar-refractivity contribution is 7.59. The Morgan fingerprint density at radius 2 is 2.03 bits per heavy atom. The van der Waals surface area contributed by atoms with Crippen LogP contribution < -0.4 is 15.4 Å². The van der Waals surface area contributed by atoms with Gasteiger partial charge in [-0.3, -0.25) is 14.4 Å². The Bertz CT molecular complexity index is 1260. The van der Waals surface area contributed by atoms with Crippen LogP contribution in [0.4, 0.5) is 5.82 Å². The molecular formula is C29H40N6O3S. The average molecular weight is 553 g/mol. The minimum Gasteiger partial charge on any atom is -0.487 e. The van der Waals surface area contributed by atoms with Gasteiger partial charge in [-0.2, -0.15) is 18.6 Å². The highest BCUT2D eigenvalue weighted by Gasteiger charge is 2.22. The third-order valence-corrected chi connectivity index (χ3v) is 7.71. The second kappa shape index (κ2) is 13.3. The molecule has 1 amide bonds. The Morgan fingerprint density at radius 1 is 1.21 bits per heavy atom. The molecule has 5 rings (SSSR count). The molecule has 0 spiro atoms. The molecule has 1 fully saturated rings. The van der Waals surface area contributed by atoms with E-state index in [1.54, 1.807) is 24.5 Å². The van der Waals surface area contributed by atoms with Crippen molar-refractivity contribution in [3.63, 3.8) is 0 Å². The summed E-state index contributed by atoms with van der Waals surface area (Å²) in [5, 5.41) is 21.2.